The van der Waals surface area contributed by atoms with Gasteiger partial charge < -0.3 is 5.11 Å². The van der Waals surface area contributed by atoms with Crippen molar-refractivity contribution in [3.63, 3.8) is 0 Å². The fraction of sp³-hybridized carbons (Fsp3) is 0.636. The van der Waals surface area contributed by atoms with E-state index in [0.717, 1.165) is 0 Å². The van der Waals surface area contributed by atoms with Gasteiger partial charge in [0.1, 0.15) is 0 Å². The lowest BCUT2D eigenvalue weighted by Crippen LogP contribution is -2.31. The summed E-state index contributed by atoms with van der Waals surface area (Å²) in [7, 11) is -2.00. The van der Waals surface area contributed by atoms with Gasteiger partial charge in [-0.1, -0.05) is 0 Å². The quantitative estimate of drug-likeness (QED) is 0.854. The Hall–Kier alpha value is -1.41. The van der Waals surface area contributed by atoms with Crippen molar-refractivity contribution < 1.29 is 18.3 Å². The van der Waals surface area contributed by atoms with Crippen molar-refractivity contribution in [2.45, 2.75) is 24.8 Å². The summed E-state index contributed by atoms with van der Waals surface area (Å²) in [5.74, 6) is -0.998. The molecule has 1 unspecified atom stereocenters. The number of aliphatic carboxylic acids is 1. The number of rotatable bonds is 4. The van der Waals surface area contributed by atoms with Gasteiger partial charge in [-0.3, -0.25) is 9.48 Å². The first-order valence-electron chi connectivity index (χ1n) is 6.03. The number of sulfonamides is 1. The molecule has 1 aliphatic heterocycles. The maximum Gasteiger partial charge on any atom is 0.303 e. The van der Waals surface area contributed by atoms with E-state index < -0.39 is 16.0 Å². The van der Waals surface area contributed by atoms with E-state index in [2.05, 4.69) is 5.10 Å². The number of hydrogen-bond donors (Lipinski definition) is 1. The molecular weight excluding hydrogens is 270 g/mol. The Morgan fingerprint density at radius 2 is 2.26 bits per heavy atom. The molecule has 1 aliphatic rings. The van der Waals surface area contributed by atoms with Gasteiger partial charge in [0.15, 0.2) is 5.03 Å². The Bertz CT molecular complexity index is 574. The number of aromatic nitrogens is 2. The van der Waals surface area contributed by atoms with Crippen LogP contribution in [0.4, 0.5) is 0 Å². The molecule has 7 nitrogen and oxygen atoms in total. The zero-order chi connectivity index (χ0) is 14.2. The largest absolute Gasteiger partial charge is 0.481 e. The molecule has 0 saturated carbocycles. The van der Waals surface area contributed by atoms with Crippen LogP contribution in [0.5, 0.6) is 0 Å². The van der Waals surface area contributed by atoms with Crippen LogP contribution in [0, 0.1) is 12.8 Å². The fourth-order valence-corrected chi connectivity index (χ4v) is 4.30. The summed E-state index contributed by atoms with van der Waals surface area (Å²) < 4.78 is 27.7. The standard InChI is InChI=1S/C11H17N3O4S/c1-8-6-12-13(2)11(8)19(17,18)14-4-3-9(7-14)5-10(15)16/h6,9H,3-5,7H2,1-2H3,(H,15,16). The molecule has 1 atom stereocenters. The highest BCUT2D eigenvalue weighted by molar-refractivity contribution is 7.89. The minimum Gasteiger partial charge on any atom is -0.481 e. The number of nitrogens with zero attached hydrogens (tertiary/aromatic N) is 3. The molecule has 1 saturated heterocycles. The number of aryl methyl sites for hydroxylation is 2. The highest BCUT2D eigenvalue weighted by Gasteiger charge is 2.35. The summed E-state index contributed by atoms with van der Waals surface area (Å²) in [5, 5.41) is 12.9. The van der Waals surface area contributed by atoms with Gasteiger partial charge in [-0.2, -0.15) is 9.40 Å². The average molecular weight is 287 g/mol. The minimum absolute atomic E-state index is 0.0103. The van der Waals surface area contributed by atoms with Gasteiger partial charge in [0.05, 0.1) is 6.20 Å². The zero-order valence-corrected chi connectivity index (χ0v) is 11.7. The van der Waals surface area contributed by atoms with E-state index in [9.17, 15) is 13.2 Å². The molecule has 19 heavy (non-hydrogen) atoms. The summed E-state index contributed by atoms with van der Waals surface area (Å²) in [4.78, 5) is 10.7. The topological polar surface area (TPSA) is 92.5 Å². The Balaban J connectivity index is 2.21. The second kappa shape index (κ2) is 4.93. The van der Waals surface area contributed by atoms with Gasteiger partial charge in [0.25, 0.3) is 10.0 Å². The van der Waals surface area contributed by atoms with E-state index in [0.29, 0.717) is 18.5 Å². The molecule has 0 aliphatic carbocycles. The van der Waals surface area contributed by atoms with Crippen LogP contribution >= 0.6 is 0 Å². The molecular formula is C11H17N3O4S. The lowest BCUT2D eigenvalue weighted by Gasteiger charge is -2.17. The molecule has 0 aromatic carbocycles. The normalized spacial score (nSPS) is 20.8. The van der Waals surface area contributed by atoms with E-state index in [1.165, 1.54) is 15.2 Å². The van der Waals surface area contributed by atoms with Crippen LogP contribution in [-0.4, -0.2) is 46.7 Å². The van der Waals surface area contributed by atoms with Crippen LogP contribution in [0.2, 0.25) is 0 Å². The van der Waals surface area contributed by atoms with Gasteiger partial charge in [-0.15, -0.1) is 0 Å². The number of carboxylic acids is 1. The molecule has 0 amide bonds. The van der Waals surface area contributed by atoms with Crippen molar-refractivity contribution in [1.82, 2.24) is 14.1 Å². The molecule has 0 radical (unpaired) electrons. The third-order valence-corrected chi connectivity index (χ3v) is 5.44. The summed E-state index contributed by atoms with van der Waals surface area (Å²) in [6.45, 7) is 2.33. The van der Waals surface area contributed by atoms with E-state index in [-0.39, 0.29) is 23.9 Å². The zero-order valence-electron chi connectivity index (χ0n) is 10.9. The van der Waals surface area contributed by atoms with Crippen molar-refractivity contribution in [1.29, 1.82) is 0 Å². The summed E-state index contributed by atoms with van der Waals surface area (Å²) in [6, 6.07) is 0. The molecule has 106 valence electrons. The highest BCUT2D eigenvalue weighted by atomic mass is 32.2. The predicted octanol–water partition coefficient (Wildman–Crippen LogP) is 0.214. The second-order valence-electron chi connectivity index (χ2n) is 4.87. The smallest absolute Gasteiger partial charge is 0.303 e. The second-order valence-corrected chi connectivity index (χ2v) is 6.73. The lowest BCUT2D eigenvalue weighted by molar-refractivity contribution is -0.137. The van der Waals surface area contributed by atoms with Crippen LogP contribution in [0.1, 0.15) is 18.4 Å². The Morgan fingerprint density at radius 3 is 2.79 bits per heavy atom. The van der Waals surface area contributed by atoms with Crippen molar-refractivity contribution in [3.8, 4) is 0 Å². The average Bonchev–Trinajstić information content (AvgIpc) is 2.86. The van der Waals surface area contributed by atoms with Crippen molar-refractivity contribution >= 4 is 16.0 Å². The van der Waals surface area contributed by atoms with Crippen LogP contribution < -0.4 is 0 Å². The van der Waals surface area contributed by atoms with Crippen LogP contribution in [0.25, 0.3) is 0 Å². The van der Waals surface area contributed by atoms with E-state index in [1.807, 2.05) is 0 Å². The molecule has 1 fully saturated rings. The van der Waals surface area contributed by atoms with Crippen LogP contribution in [-0.2, 0) is 21.9 Å². The molecule has 0 bridgehead atoms. The SMILES string of the molecule is Cc1cnn(C)c1S(=O)(=O)N1CCC(CC(=O)O)C1. The Morgan fingerprint density at radius 1 is 1.58 bits per heavy atom. The molecule has 1 aromatic rings. The van der Waals surface area contributed by atoms with E-state index in [4.69, 9.17) is 5.11 Å². The summed E-state index contributed by atoms with van der Waals surface area (Å²) in [5.41, 5.74) is 0.601. The third kappa shape index (κ3) is 2.64. The van der Waals surface area contributed by atoms with Crippen molar-refractivity contribution in [2.24, 2.45) is 13.0 Å². The predicted molar refractivity (Wildman–Crippen MR) is 67.1 cm³/mol. The monoisotopic (exact) mass is 287 g/mol. The molecule has 2 rings (SSSR count). The lowest BCUT2D eigenvalue weighted by atomic mass is 10.1. The highest BCUT2D eigenvalue weighted by Crippen LogP contribution is 2.27. The Labute approximate surface area is 111 Å². The Kier molecular flexibility index (Phi) is 3.64. The molecule has 8 heteroatoms. The first-order valence-corrected chi connectivity index (χ1v) is 7.47. The summed E-state index contributed by atoms with van der Waals surface area (Å²) in [6.07, 6.45) is 2.11. The number of carbonyl (C=O) groups is 1. The van der Waals surface area contributed by atoms with Gasteiger partial charge in [0, 0.05) is 32.1 Å². The molecule has 2 heterocycles. The third-order valence-electron chi connectivity index (χ3n) is 3.35. The number of hydrogen-bond acceptors (Lipinski definition) is 4. The van der Waals surface area contributed by atoms with E-state index in [1.54, 1.807) is 14.0 Å². The van der Waals surface area contributed by atoms with Gasteiger partial charge in [0.2, 0.25) is 0 Å². The van der Waals surface area contributed by atoms with E-state index >= 15 is 0 Å². The minimum atomic E-state index is -3.58. The van der Waals surface area contributed by atoms with Gasteiger partial charge in [-0.05, 0) is 19.3 Å². The van der Waals surface area contributed by atoms with Gasteiger partial charge >= 0.3 is 5.97 Å². The maximum atomic E-state index is 12.5. The van der Waals surface area contributed by atoms with Crippen molar-refractivity contribution in [3.05, 3.63) is 11.8 Å². The molecule has 1 aromatic heterocycles. The fourth-order valence-electron chi connectivity index (χ4n) is 2.46. The van der Waals surface area contributed by atoms with Crippen LogP contribution in [0.15, 0.2) is 11.2 Å². The first-order chi connectivity index (χ1) is 8.82. The van der Waals surface area contributed by atoms with Gasteiger partial charge in [-0.25, -0.2) is 8.42 Å². The molecule has 0 spiro atoms. The number of carboxylic acid groups (broad SMARTS) is 1. The summed E-state index contributed by atoms with van der Waals surface area (Å²) >= 11 is 0. The maximum absolute atomic E-state index is 12.5. The van der Waals surface area contributed by atoms with Crippen molar-refractivity contribution in [2.75, 3.05) is 13.1 Å². The molecule has 1 N–H and O–H groups in total. The van der Waals surface area contributed by atoms with Crippen LogP contribution in [0.3, 0.4) is 0 Å². The first kappa shape index (κ1) is 14.0.